The minimum Gasteiger partial charge on any atom is -0.308 e. The number of amides is 1. The van der Waals surface area contributed by atoms with E-state index in [1.54, 1.807) is 0 Å². The van der Waals surface area contributed by atoms with Crippen molar-refractivity contribution in [1.82, 2.24) is 15.0 Å². The Kier molecular flexibility index (Phi) is 2.38. The van der Waals surface area contributed by atoms with Crippen molar-refractivity contribution >= 4 is 11.7 Å². The van der Waals surface area contributed by atoms with Crippen LogP contribution in [0.1, 0.15) is 6.92 Å². The molecule has 1 amide bonds. The molecule has 1 aromatic heterocycles. The van der Waals surface area contributed by atoms with Gasteiger partial charge in [-0.05, 0) is 0 Å². The molecular weight excluding hydrogens is 158 g/mol. The van der Waals surface area contributed by atoms with Crippen LogP contribution < -0.4 is 5.32 Å². The average Bonchev–Trinajstić information content (AvgIpc) is 2.36. The maximum atomic E-state index is 10.5. The van der Waals surface area contributed by atoms with E-state index < -0.39 is 0 Å². The van der Waals surface area contributed by atoms with Gasteiger partial charge in [0.25, 0.3) is 0 Å². The maximum absolute atomic E-state index is 10.5. The van der Waals surface area contributed by atoms with E-state index in [1.165, 1.54) is 17.9 Å². The monoisotopic (exact) mass is 165 g/mol. The van der Waals surface area contributed by atoms with Crippen LogP contribution in [-0.2, 0) is 11.3 Å². The van der Waals surface area contributed by atoms with E-state index in [2.05, 4.69) is 15.5 Å². The first kappa shape index (κ1) is 8.20. The SMILES string of the molecule is CC(=O)Nc1cnn(CC#N)n1. The van der Waals surface area contributed by atoms with Crippen LogP contribution >= 0.6 is 0 Å². The van der Waals surface area contributed by atoms with Gasteiger partial charge in [0.2, 0.25) is 5.91 Å². The van der Waals surface area contributed by atoms with E-state index in [1.807, 2.05) is 6.07 Å². The molecule has 1 rings (SSSR count). The molecule has 0 aromatic carbocycles. The Morgan fingerprint density at radius 3 is 3.25 bits per heavy atom. The molecule has 1 heterocycles. The summed E-state index contributed by atoms with van der Waals surface area (Å²) >= 11 is 0. The first-order chi connectivity index (χ1) is 5.72. The molecule has 6 nitrogen and oxygen atoms in total. The van der Waals surface area contributed by atoms with Gasteiger partial charge in [0.1, 0.15) is 6.54 Å². The third-order valence-corrected chi connectivity index (χ3v) is 1.05. The van der Waals surface area contributed by atoms with Crippen LogP contribution in [0.25, 0.3) is 0 Å². The number of carbonyl (C=O) groups excluding carboxylic acids is 1. The van der Waals surface area contributed by atoms with Gasteiger partial charge in [-0.3, -0.25) is 4.79 Å². The summed E-state index contributed by atoms with van der Waals surface area (Å²) in [5.41, 5.74) is 0. The zero-order valence-corrected chi connectivity index (χ0v) is 6.48. The Balaban J connectivity index is 2.65. The molecule has 0 atom stereocenters. The molecule has 0 radical (unpaired) electrons. The first-order valence-electron chi connectivity index (χ1n) is 3.27. The summed E-state index contributed by atoms with van der Waals surface area (Å²) in [6.07, 6.45) is 1.39. The minimum atomic E-state index is -0.209. The van der Waals surface area contributed by atoms with Crippen molar-refractivity contribution in [3.63, 3.8) is 0 Å². The highest BCUT2D eigenvalue weighted by Crippen LogP contribution is 1.97. The number of rotatable bonds is 2. The second kappa shape index (κ2) is 3.48. The number of hydrogen-bond donors (Lipinski definition) is 1. The van der Waals surface area contributed by atoms with Crippen molar-refractivity contribution in [2.45, 2.75) is 13.5 Å². The molecule has 6 heteroatoms. The highest BCUT2D eigenvalue weighted by Gasteiger charge is 2.00. The van der Waals surface area contributed by atoms with E-state index in [9.17, 15) is 4.79 Å². The van der Waals surface area contributed by atoms with E-state index in [4.69, 9.17) is 5.26 Å². The standard InChI is InChI=1S/C6H7N5O/c1-5(12)9-6-4-8-11(10-6)3-2-7/h4H,3H2,1H3,(H,9,10,12). The third kappa shape index (κ3) is 2.05. The van der Waals surface area contributed by atoms with E-state index in [0.717, 1.165) is 0 Å². The normalized spacial score (nSPS) is 9.00. The van der Waals surface area contributed by atoms with Crippen LogP contribution in [0, 0.1) is 11.3 Å². The van der Waals surface area contributed by atoms with E-state index in [0.29, 0.717) is 5.82 Å². The average molecular weight is 165 g/mol. The van der Waals surface area contributed by atoms with Gasteiger partial charge < -0.3 is 5.32 Å². The number of nitrogens with one attached hydrogen (secondary N) is 1. The number of nitrogens with zero attached hydrogens (tertiary/aromatic N) is 4. The number of nitriles is 1. The lowest BCUT2D eigenvalue weighted by Crippen LogP contribution is -2.07. The molecule has 62 valence electrons. The maximum Gasteiger partial charge on any atom is 0.222 e. The molecule has 0 fully saturated rings. The van der Waals surface area contributed by atoms with E-state index >= 15 is 0 Å². The van der Waals surface area contributed by atoms with Gasteiger partial charge in [0.05, 0.1) is 12.3 Å². The van der Waals surface area contributed by atoms with Gasteiger partial charge in [-0.25, -0.2) is 0 Å². The van der Waals surface area contributed by atoms with Crippen molar-refractivity contribution in [3.05, 3.63) is 6.20 Å². The van der Waals surface area contributed by atoms with Crippen molar-refractivity contribution in [2.75, 3.05) is 5.32 Å². The predicted octanol–water partition coefficient (Wildman–Crippen LogP) is -0.240. The smallest absolute Gasteiger partial charge is 0.222 e. The van der Waals surface area contributed by atoms with Crippen molar-refractivity contribution in [1.29, 1.82) is 5.26 Å². The fourth-order valence-corrected chi connectivity index (χ4v) is 0.674. The largest absolute Gasteiger partial charge is 0.308 e. The van der Waals surface area contributed by atoms with Gasteiger partial charge in [-0.1, -0.05) is 0 Å². The minimum absolute atomic E-state index is 0.0829. The van der Waals surface area contributed by atoms with Crippen molar-refractivity contribution in [3.8, 4) is 6.07 Å². The second-order valence-electron chi connectivity index (χ2n) is 2.10. The summed E-state index contributed by atoms with van der Waals surface area (Å²) < 4.78 is 0. The number of anilines is 1. The lowest BCUT2D eigenvalue weighted by Gasteiger charge is -1.92. The molecule has 12 heavy (non-hydrogen) atoms. The molecule has 0 aliphatic rings. The molecule has 1 aromatic rings. The van der Waals surface area contributed by atoms with Crippen LogP contribution in [0.3, 0.4) is 0 Å². The zero-order valence-electron chi connectivity index (χ0n) is 6.48. The Morgan fingerprint density at radius 1 is 1.92 bits per heavy atom. The first-order valence-corrected chi connectivity index (χ1v) is 3.27. The van der Waals surface area contributed by atoms with Gasteiger partial charge in [-0.15, -0.1) is 5.10 Å². The fraction of sp³-hybridized carbons (Fsp3) is 0.333. The number of carbonyl (C=O) groups is 1. The van der Waals surface area contributed by atoms with Crippen molar-refractivity contribution < 1.29 is 4.79 Å². The van der Waals surface area contributed by atoms with Gasteiger partial charge >= 0.3 is 0 Å². The highest BCUT2D eigenvalue weighted by atomic mass is 16.1. The quantitative estimate of drug-likeness (QED) is 0.655. The molecule has 0 saturated carbocycles. The molecule has 0 bridgehead atoms. The summed E-state index contributed by atoms with van der Waals surface area (Å²) in [4.78, 5) is 11.7. The highest BCUT2D eigenvalue weighted by molar-refractivity contribution is 5.87. The molecule has 1 N–H and O–H groups in total. The molecular formula is C6H7N5O. The van der Waals surface area contributed by atoms with Gasteiger partial charge in [0.15, 0.2) is 5.82 Å². The molecule has 0 spiro atoms. The molecule has 0 saturated heterocycles. The molecule has 0 aliphatic heterocycles. The van der Waals surface area contributed by atoms with E-state index in [-0.39, 0.29) is 12.5 Å². The van der Waals surface area contributed by atoms with Crippen LogP contribution in [0.2, 0.25) is 0 Å². The molecule has 0 unspecified atom stereocenters. The topological polar surface area (TPSA) is 83.6 Å². The molecule has 0 aliphatic carbocycles. The van der Waals surface area contributed by atoms with Crippen molar-refractivity contribution in [2.24, 2.45) is 0 Å². The second-order valence-corrected chi connectivity index (χ2v) is 2.10. The summed E-state index contributed by atoms with van der Waals surface area (Å²) in [6.45, 7) is 1.46. The van der Waals surface area contributed by atoms with Crippen LogP contribution in [0.4, 0.5) is 5.82 Å². The number of hydrogen-bond acceptors (Lipinski definition) is 4. The lowest BCUT2D eigenvalue weighted by atomic mass is 10.6. The Hall–Kier alpha value is -1.90. The van der Waals surface area contributed by atoms with Crippen LogP contribution in [0.15, 0.2) is 6.20 Å². The predicted molar refractivity (Wildman–Crippen MR) is 39.9 cm³/mol. The van der Waals surface area contributed by atoms with Crippen LogP contribution in [0.5, 0.6) is 0 Å². The lowest BCUT2D eigenvalue weighted by molar-refractivity contribution is -0.114. The zero-order chi connectivity index (χ0) is 8.97. The Bertz CT molecular complexity index is 323. The Labute approximate surface area is 68.8 Å². The van der Waals surface area contributed by atoms with Gasteiger partial charge in [0, 0.05) is 6.92 Å². The Morgan fingerprint density at radius 2 is 2.67 bits per heavy atom. The fourth-order valence-electron chi connectivity index (χ4n) is 0.674. The number of aromatic nitrogens is 3. The summed E-state index contributed by atoms with van der Waals surface area (Å²) in [5.74, 6) is 0.150. The summed E-state index contributed by atoms with van der Waals surface area (Å²) in [5, 5.41) is 18.2. The van der Waals surface area contributed by atoms with Gasteiger partial charge in [-0.2, -0.15) is 15.2 Å². The summed E-state index contributed by atoms with van der Waals surface area (Å²) in [6, 6.07) is 1.88. The van der Waals surface area contributed by atoms with Crippen LogP contribution in [-0.4, -0.2) is 20.9 Å². The summed E-state index contributed by atoms with van der Waals surface area (Å²) in [7, 11) is 0. The third-order valence-electron chi connectivity index (χ3n) is 1.05.